The van der Waals surface area contributed by atoms with Crippen molar-refractivity contribution in [2.24, 2.45) is 10.8 Å². The molecule has 1 aliphatic rings. The summed E-state index contributed by atoms with van der Waals surface area (Å²) in [5.74, 6) is 0.749. The smallest absolute Gasteiger partial charge is 0.124 e. The summed E-state index contributed by atoms with van der Waals surface area (Å²) in [6.07, 6.45) is -0.544. The van der Waals surface area contributed by atoms with Crippen LogP contribution in [0.4, 0.5) is 0 Å². The van der Waals surface area contributed by atoms with E-state index < -0.39 is 6.10 Å². The topological polar surface area (TPSA) is 41.5 Å². The lowest BCUT2D eigenvalue weighted by Crippen LogP contribution is -2.27. The predicted molar refractivity (Wildman–Crippen MR) is 82.0 cm³/mol. The van der Waals surface area contributed by atoms with Crippen molar-refractivity contribution in [3.05, 3.63) is 29.3 Å². The normalized spacial score (nSPS) is 21.6. The molecule has 112 valence electrons. The Hall–Kier alpha value is -1.06. The van der Waals surface area contributed by atoms with Gasteiger partial charge in [-0.15, -0.1) is 0 Å². The number of nitrogens with one attached hydrogen (secondary N) is 1. The van der Waals surface area contributed by atoms with Crippen LogP contribution in [0.5, 0.6) is 5.75 Å². The second-order valence-corrected chi connectivity index (χ2v) is 7.05. The molecule has 0 amide bonds. The highest BCUT2D eigenvalue weighted by molar-refractivity contribution is 5.38. The van der Waals surface area contributed by atoms with E-state index in [1.54, 1.807) is 7.11 Å². The molecule has 1 atom stereocenters. The van der Waals surface area contributed by atoms with E-state index in [-0.39, 0.29) is 10.8 Å². The van der Waals surface area contributed by atoms with Crippen molar-refractivity contribution in [3.8, 4) is 5.75 Å². The summed E-state index contributed by atoms with van der Waals surface area (Å²) in [6, 6.07) is 6.35. The van der Waals surface area contributed by atoms with E-state index in [0.29, 0.717) is 12.6 Å². The Bertz CT molecular complexity index is 480. The molecule has 20 heavy (non-hydrogen) atoms. The largest absolute Gasteiger partial charge is 0.496 e. The van der Waals surface area contributed by atoms with Gasteiger partial charge in [-0.25, -0.2) is 0 Å². The summed E-state index contributed by atoms with van der Waals surface area (Å²) in [7, 11) is 1.64. The van der Waals surface area contributed by atoms with Gasteiger partial charge < -0.3 is 15.2 Å². The molecule has 0 bridgehead atoms. The highest BCUT2D eigenvalue weighted by atomic mass is 16.5. The Morgan fingerprint density at radius 2 is 1.85 bits per heavy atom. The van der Waals surface area contributed by atoms with E-state index in [1.807, 2.05) is 25.1 Å². The zero-order valence-electron chi connectivity index (χ0n) is 13.4. The molecule has 0 aromatic heterocycles. The molecule has 1 aromatic rings. The van der Waals surface area contributed by atoms with Crippen LogP contribution in [0.25, 0.3) is 0 Å². The standard InChI is InChI=1S/C17H27NO2/c1-11-7-8-14(20-6)12(9-11)13(19)10-18-15-16(2,3)17(15,4)5/h7-9,13,15,18-19H,10H2,1-6H3. The van der Waals surface area contributed by atoms with E-state index in [2.05, 4.69) is 33.0 Å². The Labute approximate surface area is 122 Å². The Morgan fingerprint density at radius 3 is 2.35 bits per heavy atom. The maximum atomic E-state index is 10.4. The van der Waals surface area contributed by atoms with Crippen LogP contribution < -0.4 is 10.1 Å². The van der Waals surface area contributed by atoms with Crippen molar-refractivity contribution in [2.45, 2.75) is 46.8 Å². The number of hydrogen-bond donors (Lipinski definition) is 2. The average molecular weight is 277 g/mol. The summed E-state index contributed by atoms with van der Waals surface area (Å²) in [5.41, 5.74) is 2.55. The highest BCUT2D eigenvalue weighted by Crippen LogP contribution is 2.62. The third-order valence-corrected chi connectivity index (χ3v) is 5.28. The fraction of sp³-hybridized carbons (Fsp3) is 0.647. The number of aliphatic hydroxyl groups excluding tert-OH is 1. The number of benzene rings is 1. The Balaban J connectivity index is 2.03. The van der Waals surface area contributed by atoms with E-state index in [0.717, 1.165) is 16.9 Å². The van der Waals surface area contributed by atoms with Crippen molar-refractivity contribution >= 4 is 0 Å². The average Bonchev–Trinajstić information content (AvgIpc) is 2.76. The Morgan fingerprint density at radius 1 is 1.25 bits per heavy atom. The zero-order chi connectivity index (χ0) is 15.1. The van der Waals surface area contributed by atoms with Crippen LogP contribution in [-0.2, 0) is 0 Å². The van der Waals surface area contributed by atoms with Crippen molar-refractivity contribution in [1.29, 1.82) is 0 Å². The van der Waals surface area contributed by atoms with Crippen LogP contribution in [0.15, 0.2) is 18.2 Å². The van der Waals surface area contributed by atoms with Gasteiger partial charge in [0.15, 0.2) is 0 Å². The highest BCUT2D eigenvalue weighted by Gasteiger charge is 2.64. The molecule has 1 unspecified atom stereocenters. The van der Waals surface area contributed by atoms with Crippen molar-refractivity contribution in [3.63, 3.8) is 0 Å². The molecule has 0 saturated heterocycles. The molecule has 0 aliphatic heterocycles. The van der Waals surface area contributed by atoms with Gasteiger partial charge in [-0.05, 0) is 29.9 Å². The van der Waals surface area contributed by atoms with Gasteiger partial charge >= 0.3 is 0 Å². The Kier molecular flexibility index (Phi) is 3.87. The van der Waals surface area contributed by atoms with E-state index in [4.69, 9.17) is 4.74 Å². The zero-order valence-corrected chi connectivity index (χ0v) is 13.4. The molecule has 1 fully saturated rings. The van der Waals surface area contributed by atoms with Crippen molar-refractivity contribution < 1.29 is 9.84 Å². The molecular weight excluding hydrogens is 250 g/mol. The molecule has 3 heteroatoms. The maximum absolute atomic E-state index is 10.4. The van der Waals surface area contributed by atoms with Gasteiger partial charge in [0.2, 0.25) is 0 Å². The minimum Gasteiger partial charge on any atom is -0.496 e. The van der Waals surface area contributed by atoms with E-state index in [1.165, 1.54) is 0 Å². The van der Waals surface area contributed by atoms with Crippen LogP contribution in [0.3, 0.4) is 0 Å². The summed E-state index contributed by atoms with van der Waals surface area (Å²) in [5, 5.41) is 13.9. The minimum atomic E-state index is -0.544. The molecule has 0 radical (unpaired) electrons. The molecule has 0 spiro atoms. The molecule has 1 saturated carbocycles. The monoisotopic (exact) mass is 277 g/mol. The van der Waals surface area contributed by atoms with Crippen LogP contribution >= 0.6 is 0 Å². The fourth-order valence-corrected chi connectivity index (χ4v) is 3.16. The lowest BCUT2D eigenvalue weighted by atomic mass is 10.0. The third-order valence-electron chi connectivity index (χ3n) is 5.28. The summed E-state index contributed by atoms with van der Waals surface area (Å²) >= 11 is 0. The number of ether oxygens (including phenoxy) is 1. The number of methoxy groups -OCH3 is 1. The van der Waals surface area contributed by atoms with Crippen LogP contribution in [-0.4, -0.2) is 24.8 Å². The van der Waals surface area contributed by atoms with Gasteiger partial charge in [-0.2, -0.15) is 0 Å². The van der Waals surface area contributed by atoms with Crippen molar-refractivity contribution in [1.82, 2.24) is 5.32 Å². The second-order valence-electron chi connectivity index (χ2n) is 7.05. The first-order valence-electron chi connectivity index (χ1n) is 7.28. The predicted octanol–water partition coefficient (Wildman–Crippen LogP) is 3.06. The van der Waals surface area contributed by atoms with Crippen LogP contribution in [0.1, 0.15) is 44.9 Å². The molecule has 0 heterocycles. The summed E-state index contributed by atoms with van der Waals surface area (Å²) in [6.45, 7) is 11.6. The number of rotatable bonds is 5. The quantitative estimate of drug-likeness (QED) is 0.869. The van der Waals surface area contributed by atoms with Gasteiger partial charge in [0.25, 0.3) is 0 Å². The fourth-order valence-electron chi connectivity index (χ4n) is 3.16. The first kappa shape index (κ1) is 15.3. The molecule has 3 nitrogen and oxygen atoms in total. The second kappa shape index (κ2) is 5.05. The lowest BCUT2D eigenvalue weighted by Gasteiger charge is -2.17. The number of hydrogen-bond acceptors (Lipinski definition) is 3. The molecular formula is C17H27NO2. The summed E-state index contributed by atoms with van der Waals surface area (Å²) < 4.78 is 5.34. The minimum absolute atomic E-state index is 0.281. The molecule has 1 aliphatic carbocycles. The first-order valence-corrected chi connectivity index (χ1v) is 7.28. The van der Waals surface area contributed by atoms with Gasteiger partial charge in [0.05, 0.1) is 13.2 Å². The third kappa shape index (κ3) is 2.45. The number of aryl methyl sites for hydroxylation is 1. The summed E-state index contributed by atoms with van der Waals surface area (Å²) in [4.78, 5) is 0. The van der Waals surface area contributed by atoms with Gasteiger partial charge in [0, 0.05) is 18.2 Å². The van der Waals surface area contributed by atoms with E-state index in [9.17, 15) is 5.11 Å². The van der Waals surface area contributed by atoms with E-state index >= 15 is 0 Å². The van der Waals surface area contributed by atoms with Gasteiger partial charge in [-0.1, -0.05) is 39.3 Å². The molecule has 2 N–H and O–H groups in total. The van der Waals surface area contributed by atoms with Gasteiger partial charge in [-0.3, -0.25) is 0 Å². The van der Waals surface area contributed by atoms with Crippen LogP contribution in [0.2, 0.25) is 0 Å². The molecule has 2 rings (SSSR count). The SMILES string of the molecule is COc1ccc(C)cc1C(O)CNC1C(C)(C)C1(C)C. The molecule has 1 aromatic carbocycles. The lowest BCUT2D eigenvalue weighted by molar-refractivity contribution is 0.168. The first-order chi connectivity index (χ1) is 9.21. The van der Waals surface area contributed by atoms with Crippen molar-refractivity contribution in [2.75, 3.05) is 13.7 Å². The number of aliphatic hydroxyl groups is 1. The maximum Gasteiger partial charge on any atom is 0.124 e. The van der Waals surface area contributed by atoms with Crippen LogP contribution in [0, 0.1) is 17.8 Å². The van der Waals surface area contributed by atoms with Gasteiger partial charge in [0.1, 0.15) is 5.75 Å².